The molecule has 3 rings (SSSR count). The standard InChI is InChI=1S/C23H23ClN4O3/c1-15-9-16(2)22(20(24)10-15)27-21(29)14-31-28-23(25)18-6-3-7-19(11-18)30-13-17-5-4-8-26-12-17/h3-12H,13-14H2,1-2H3,(H2,25,28)(H,27,29). The molecule has 0 spiro atoms. The monoisotopic (exact) mass is 438 g/mol. The minimum Gasteiger partial charge on any atom is -0.489 e. The van der Waals surface area contributed by atoms with Crippen molar-refractivity contribution in [3.8, 4) is 5.75 Å². The number of hydrogen-bond donors (Lipinski definition) is 2. The van der Waals surface area contributed by atoms with Crippen LogP contribution in [-0.2, 0) is 16.2 Å². The predicted octanol–water partition coefficient (Wildman–Crippen LogP) is 4.21. The van der Waals surface area contributed by atoms with Crippen LogP contribution in [0, 0.1) is 13.8 Å². The first-order chi connectivity index (χ1) is 14.9. The van der Waals surface area contributed by atoms with Gasteiger partial charge in [-0.25, -0.2) is 0 Å². The molecule has 1 heterocycles. The summed E-state index contributed by atoms with van der Waals surface area (Å²) in [5.41, 5.74) is 9.98. The largest absolute Gasteiger partial charge is 0.489 e. The number of nitrogens with one attached hydrogen (secondary N) is 1. The number of amidine groups is 1. The molecular weight excluding hydrogens is 416 g/mol. The SMILES string of the molecule is Cc1cc(C)c(NC(=O)CO/N=C(/N)c2cccc(OCc3cccnc3)c2)c(Cl)c1. The van der Waals surface area contributed by atoms with Gasteiger partial charge in [-0.15, -0.1) is 0 Å². The maximum absolute atomic E-state index is 12.2. The van der Waals surface area contributed by atoms with Crippen LogP contribution in [0.4, 0.5) is 5.69 Å². The number of aryl methyl sites for hydroxylation is 2. The number of benzene rings is 2. The molecule has 0 radical (unpaired) electrons. The fourth-order valence-electron chi connectivity index (χ4n) is 2.86. The lowest BCUT2D eigenvalue weighted by Gasteiger charge is -2.11. The van der Waals surface area contributed by atoms with E-state index in [4.69, 9.17) is 26.9 Å². The second-order valence-electron chi connectivity index (χ2n) is 6.91. The third kappa shape index (κ3) is 6.45. The Morgan fingerprint density at radius 3 is 2.77 bits per heavy atom. The van der Waals surface area contributed by atoms with Crippen LogP contribution in [0.25, 0.3) is 0 Å². The summed E-state index contributed by atoms with van der Waals surface area (Å²) in [7, 11) is 0. The number of aromatic nitrogens is 1. The number of carbonyl (C=O) groups excluding carboxylic acids is 1. The lowest BCUT2D eigenvalue weighted by Crippen LogP contribution is -2.20. The number of pyridine rings is 1. The van der Waals surface area contributed by atoms with Gasteiger partial charge < -0.3 is 20.6 Å². The molecule has 0 atom stereocenters. The van der Waals surface area contributed by atoms with Crippen LogP contribution in [0.1, 0.15) is 22.3 Å². The molecule has 3 N–H and O–H groups in total. The maximum atomic E-state index is 12.2. The van der Waals surface area contributed by atoms with Gasteiger partial charge in [0.15, 0.2) is 12.4 Å². The van der Waals surface area contributed by atoms with Gasteiger partial charge in [0, 0.05) is 23.5 Å². The average Bonchev–Trinajstić information content (AvgIpc) is 2.75. The number of rotatable bonds is 8. The van der Waals surface area contributed by atoms with Crippen LogP contribution in [0.15, 0.2) is 66.1 Å². The quantitative estimate of drug-likeness (QED) is 0.312. The number of halogens is 1. The minimum absolute atomic E-state index is 0.129. The van der Waals surface area contributed by atoms with Crippen LogP contribution in [0.2, 0.25) is 5.02 Å². The summed E-state index contributed by atoms with van der Waals surface area (Å²) < 4.78 is 5.75. The van der Waals surface area contributed by atoms with Gasteiger partial charge in [-0.05, 0) is 49.2 Å². The molecule has 160 valence electrons. The Labute approximate surface area is 185 Å². The van der Waals surface area contributed by atoms with Gasteiger partial charge in [0.2, 0.25) is 0 Å². The molecule has 0 aliphatic rings. The van der Waals surface area contributed by atoms with Crippen molar-refractivity contribution in [3.63, 3.8) is 0 Å². The van der Waals surface area contributed by atoms with Crippen molar-refractivity contribution in [2.24, 2.45) is 10.9 Å². The molecule has 2 aromatic carbocycles. The van der Waals surface area contributed by atoms with E-state index in [0.717, 1.165) is 16.7 Å². The van der Waals surface area contributed by atoms with Crippen LogP contribution < -0.4 is 15.8 Å². The molecular formula is C23H23ClN4O3. The van der Waals surface area contributed by atoms with Crippen molar-refractivity contribution >= 4 is 29.0 Å². The zero-order valence-corrected chi connectivity index (χ0v) is 18.0. The van der Waals surface area contributed by atoms with Crippen molar-refractivity contribution < 1.29 is 14.4 Å². The van der Waals surface area contributed by atoms with E-state index in [-0.39, 0.29) is 18.3 Å². The molecule has 0 unspecified atom stereocenters. The van der Waals surface area contributed by atoms with Crippen molar-refractivity contribution in [1.29, 1.82) is 0 Å². The zero-order chi connectivity index (χ0) is 22.2. The molecule has 0 fully saturated rings. The maximum Gasteiger partial charge on any atom is 0.265 e. The Morgan fingerprint density at radius 2 is 2.03 bits per heavy atom. The molecule has 3 aromatic rings. The van der Waals surface area contributed by atoms with Crippen LogP contribution in [0.5, 0.6) is 5.75 Å². The number of hydrogen-bond acceptors (Lipinski definition) is 5. The number of nitrogens with two attached hydrogens (primary N) is 1. The average molecular weight is 439 g/mol. The first-order valence-electron chi connectivity index (χ1n) is 9.56. The van der Waals surface area contributed by atoms with Crippen molar-refractivity contribution in [3.05, 3.63) is 88.2 Å². The highest BCUT2D eigenvalue weighted by atomic mass is 35.5. The third-order valence-electron chi connectivity index (χ3n) is 4.31. The van der Waals surface area contributed by atoms with Gasteiger partial charge in [-0.2, -0.15) is 0 Å². The third-order valence-corrected chi connectivity index (χ3v) is 4.61. The van der Waals surface area contributed by atoms with Gasteiger partial charge >= 0.3 is 0 Å². The summed E-state index contributed by atoms with van der Waals surface area (Å²) in [6, 6.07) is 14.6. The molecule has 0 saturated carbocycles. The van der Waals surface area contributed by atoms with E-state index in [0.29, 0.717) is 28.6 Å². The molecule has 0 aliphatic carbocycles. The molecule has 0 bridgehead atoms. The summed E-state index contributed by atoms with van der Waals surface area (Å²) >= 11 is 6.20. The molecule has 0 saturated heterocycles. The number of oxime groups is 1. The first-order valence-corrected chi connectivity index (χ1v) is 9.94. The number of amides is 1. The summed E-state index contributed by atoms with van der Waals surface area (Å²) in [6.45, 7) is 3.88. The normalized spacial score (nSPS) is 11.1. The van der Waals surface area contributed by atoms with Crippen LogP contribution in [0.3, 0.4) is 0 Å². The Bertz CT molecular complexity index is 1060. The molecule has 0 aliphatic heterocycles. The highest BCUT2D eigenvalue weighted by Crippen LogP contribution is 2.27. The fourth-order valence-corrected chi connectivity index (χ4v) is 3.23. The van der Waals surface area contributed by atoms with Crippen molar-refractivity contribution in [2.45, 2.75) is 20.5 Å². The molecule has 8 heteroatoms. The lowest BCUT2D eigenvalue weighted by molar-refractivity contribution is -0.120. The Hall–Kier alpha value is -3.58. The van der Waals surface area contributed by atoms with E-state index in [9.17, 15) is 4.79 Å². The Kier molecular flexibility index (Phi) is 7.45. The number of carbonyl (C=O) groups is 1. The smallest absolute Gasteiger partial charge is 0.265 e. The van der Waals surface area contributed by atoms with E-state index in [1.165, 1.54) is 0 Å². The molecule has 7 nitrogen and oxygen atoms in total. The van der Waals surface area contributed by atoms with Crippen molar-refractivity contribution in [1.82, 2.24) is 4.98 Å². The number of anilines is 1. The Morgan fingerprint density at radius 1 is 1.19 bits per heavy atom. The summed E-state index contributed by atoms with van der Waals surface area (Å²) in [5.74, 6) is 0.366. The van der Waals surface area contributed by atoms with Gasteiger partial charge in [0.25, 0.3) is 5.91 Å². The lowest BCUT2D eigenvalue weighted by atomic mass is 10.1. The van der Waals surface area contributed by atoms with Crippen molar-refractivity contribution in [2.75, 3.05) is 11.9 Å². The Balaban J connectivity index is 1.55. The van der Waals surface area contributed by atoms with E-state index in [1.807, 2.05) is 38.1 Å². The summed E-state index contributed by atoms with van der Waals surface area (Å²) in [5, 5.41) is 7.03. The fraction of sp³-hybridized carbons (Fsp3) is 0.174. The van der Waals surface area contributed by atoms with Gasteiger partial charge in [-0.1, -0.05) is 41.0 Å². The first kappa shape index (κ1) is 22.1. The van der Waals surface area contributed by atoms with Gasteiger partial charge in [-0.3, -0.25) is 9.78 Å². The minimum atomic E-state index is -0.390. The molecule has 31 heavy (non-hydrogen) atoms. The topological polar surface area (TPSA) is 98.8 Å². The van der Waals surface area contributed by atoms with E-state index in [2.05, 4.69) is 15.5 Å². The van der Waals surface area contributed by atoms with Crippen LogP contribution in [-0.4, -0.2) is 23.3 Å². The van der Waals surface area contributed by atoms with E-state index < -0.39 is 0 Å². The highest BCUT2D eigenvalue weighted by Gasteiger charge is 2.10. The van der Waals surface area contributed by atoms with Gasteiger partial charge in [0.1, 0.15) is 12.4 Å². The van der Waals surface area contributed by atoms with Crippen LogP contribution >= 0.6 is 11.6 Å². The number of nitrogens with zero attached hydrogens (tertiary/aromatic N) is 2. The predicted molar refractivity (Wildman–Crippen MR) is 121 cm³/mol. The van der Waals surface area contributed by atoms with E-state index >= 15 is 0 Å². The second kappa shape index (κ2) is 10.4. The van der Waals surface area contributed by atoms with Gasteiger partial charge in [0.05, 0.1) is 10.7 Å². The summed E-state index contributed by atoms with van der Waals surface area (Å²) in [6.07, 6.45) is 3.45. The summed E-state index contributed by atoms with van der Waals surface area (Å²) in [4.78, 5) is 21.3. The van der Waals surface area contributed by atoms with E-state index in [1.54, 1.807) is 36.7 Å². The second-order valence-corrected chi connectivity index (χ2v) is 7.32. The molecule has 1 amide bonds. The molecule has 1 aromatic heterocycles. The number of ether oxygens (including phenoxy) is 1. The highest BCUT2D eigenvalue weighted by molar-refractivity contribution is 6.34. The zero-order valence-electron chi connectivity index (χ0n) is 17.3.